The molecule has 25 heavy (non-hydrogen) atoms. The molecule has 0 spiro atoms. The molecule has 0 atom stereocenters. The zero-order chi connectivity index (χ0) is 18.4. The van der Waals surface area contributed by atoms with Crippen LogP contribution < -0.4 is 0 Å². The Morgan fingerprint density at radius 3 is 1.88 bits per heavy atom. The van der Waals surface area contributed by atoms with Crippen molar-refractivity contribution >= 4 is 5.97 Å². The summed E-state index contributed by atoms with van der Waals surface area (Å²) in [5.74, 6) is -0.767. The third-order valence-electron chi connectivity index (χ3n) is 4.33. The van der Waals surface area contributed by atoms with Gasteiger partial charge in [0, 0.05) is 13.0 Å². The smallest absolute Gasteiger partial charge is 0.303 e. The maximum absolute atomic E-state index is 10.3. The number of carboxylic acids is 1. The van der Waals surface area contributed by atoms with E-state index in [-0.39, 0.29) is 6.42 Å². The predicted octanol–water partition coefficient (Wildman–Crippen LogP) is 6.67. The maximum atomic E-state index is 10.3. The Kier molecular flexibility index (Phi) is 20.1. The van der Waals surface area contributed by atoms with E-state index in [0.717, 1.165) is 13.0 Å². The van der Waals surface area contributed by atoms with Crippen molar-refractivity contribution in [1.82, 2.24) is 0 Å². The van der Waals surface area contributed by atoms with E-state index in [9.17, 15) is 4.79 Å². The third-order valence-corrected chi connectivity index (χ3v) is 4.33. The topological polar surface area (TPSA) is 46.5 Å². The van der Waals surface area contributed by atoms with Gasteiger partial charge in [0.1, 0.15) is 0 Å². The van der Waals surface area contributed by atoms with Crippen LogP contribution in [0.25, 0.3) is 0 Å². The molecule has 0 aliphatic rings. The minimum absolute atomic E-state index is 0.167. The summed E-state index contributed by atoms with van der Waals surface area (Å²) in [4.78, 5) is 10.3. The van der Waals surface area contributed by atoms with Gasteiger partial charge in [-0.3, -0.25) is 4.79 Å². The van der Waals surface area contributed by atoms with E-state index in [1.807, 2.05) is 6.08 Å². The van der Waals surface area contributed by atoms with Crippen LogP contribution in [0.3, 0.4) is 0 Å². The van der Waals surface area contributed by atoms with Gasteiger partial charge in [0.15, 0.2) is 0 Å². The molecule has 0 rings (SSSR count). The molecule has 0 fully saturated rings. The molecule has 0 unspecified atom stereocenters. The Hall–Kier alpha value is -1.05. The summed E-state index contributed by atoms with van der Waals surface area (Å²) in [6, 6.07) is 0. The van der Waals surface area contributed by atoms with Crippen molar-refractivity contribution in [2.75, 3.05) is 13.2 Å². The second kappa shape index (κ2) is 21.0. The van der Waals surface area contributed by atoms with Crippen molar-refractivity contribution in [1.29, 1.82) is 0 Å². The second-order valence-corrected chi connectivity index (χ2v) is 6.82. The molecule has 3 nitrogen and oxygen atoms in total. The highest BCUT2D eigenvalue weighted by molar-refractivity contribution is 5.66. The van der Waals surface area contributed by atoms with Crippen LogP contribution >= 0.6 is 0 Å². The molecule has 0 heterocycles. The highest BCUT2D eigenvalue weighted by Gasteiger charge is 1.94. The average Bonchev–Trinajstić information content (AvgIpc) is 2.60. The number of carboxylic acid groups (broad SMARTS) is 1. The third kappa shape index (κ3) is 22.9. The van der Waals surface area contributed by atoms with Gasteiger partial charge in [0.05, 0.1) is 6.61 Å². The van der Waals surface area contributed by atoms with Crippen LogP contribution in [0.5, 0.6) is 0 Å². The molecule has 0 aromatic carbocycles. The lowest BCUT2D eigenvalue weighted by atomic mass is 10.0. The highest BCUT2D eigenvalue weighted by Crippen LogP contribution is 2.12. The van der Waals surface area contributed by atoms with Gasteiger partial charge in [-0.15, -0.1) is 5.73 Å². The number of ether oxygens (including phenoxy) is 1. The van der Waals surface area contributed by atoms with Gasteiger partial charge in [-0.05, 0) is 25.0 Å². The van der Waals surface area contributed by atoms with E-state index in [4.69, 9.17) is 9.84 Å². The van der Waals surface area contributed by atoms with Gasteiger partial charge in [-0.25, -0.2) is 0 Å². The minimum atomic E-state index is -0.767. The molecule has 0 aromatic rings. The van der Waals surface area contributed by atoms with E-state index in [2.05, 4.69) is 12.7 Å². The average molecular weight is 353 g/mol. The van der Waals surface area contributed by atoms with E-state index < -0.39 is 5.97 Å². The second-order valence-electron chi connectivity index (χ2n) is 6.82. The summed E-state index contributed by atoms with van der Waals surface area (Å²) in [5, 5.41) is 8.48. The van der Waals surface area contributed by atoms with Crippen LogP contribution in [-0.4, -0.2) is 24.3 Å². The SMILES string of the molecule is CCCCCCCCCCCCCCCOCC=C=CCCC(=O)O. The Morgan fingerprint density at radius 1 is 0.840 bits per heavy atom. The maximum Gasteiger partial charge on any atom is 0.303 e. The molecule has 146 valence electrons. The molecule has 0 amide bonds. The normalized spacial score (nSPS) is 10.4. The fourth-order valence-corrected chi connectivity index (χ4v) is 2.77. The van der Waals surface area contributed by atoms with Gasteiger partial charge < -0.3 is 9.84 Å². The van der Waals surface area contributed by atoms with Crippen molar-refractivity contribution in [2.24, 2.45) is 0 Å². The first-order valence-electron chi connectivity index (χ1n) is 10.5. The van der Waals surface area contributed by atoms with Crippen LogP contribution in [-0.2, 0) is 9.53 Å². The number of rotatable bonds is 19. The van der Waals surface area contributed by atoms with Crippen molar-refractivity contribution in [3.8, 4) is 0 Å². The fourth-order valence-electron chi connectivity index (χ4n) is 2.77. The lowest BCUT2D eigenvalue weighted by molar-refractivity contribution is -0.136. The van der Waals surface area contributed by atoms with Crippen molar-refractivity contribution in [2.45, 2.75) is 103 Å². The zero-order valence-electron chi connectivity index (χ0n) is 16.4. The molecule has 0 aliphatic carbocycles. The molecular formula is C22H40O3. The molecule has 0 aliphatic heterocycles. The molecule has 1 N–H and O–H groups in total. The van der Waals surface area contributed by atoms with E-state index >= 15 is 0 Å². The molecule has 0 aromatic heterocycles. The Balaban J connectivity index is 3.11. The van der Waals surface area contributed by atoms with Crippen LogP contribution in [0.2, 0.25) is 0 Å². The summed E-state index contributed by atoms with van der Waals surface area (Å²) in [5.41, 5.74) is 2.95. The quantitative estimate of drug-likeness (QED) is 0.208. The minimum Gasteiger partial charge on any atom is -0.481 e. The number of hydrogen-bond acceptors (Lipinski definition) is 2. The van der Waals surface area contributed by atoms with Crippen LogP contribution in [0.15, 0.2) is 17.9 Å². The molecule has 0 saturated heterocycles. The fraction of sp³-hybridized carbons (Fsp3) is 0.818. The van der Waals surface area contributed by atoms with Gasteiger partial charge in [0.25, 0.3) is 0 Å². The monoisotopic (exact) mass is 352 g/mol. The van der Waals surface area contributed by atoms with Crippen molar-refractivity contribution in [3.63, 3.8) is 0 Å². The highest BCUT2D eigenvalue weighted by atomic mass is 16.5. The van der Waals surface area contributed by atoms with Crippen LogP contribution in [0.1, 0.15) is 103 Å². The first-order chi connectivity index (χ1) is 12.3. The summed E-state index contributed by atoms with van der Waals surface area (Å²) < 4.78 is 5.51. The molecular weight excluding hydrogens is 312 g/mol. The van der Waals surface area contributed by atoms with Crippen LogP contribution in [0, 0.1) is 0 Å². The van der Waals surface area contributed by atoms with E-state index in [1.54, 1.807) is 6.08 Å². The summed E-state index contributed by atoms with van der Waals surface area (Å²) in [6.07, 6.45) is 22.0. The van der Waals surface area contributed by atoms with Gasteiger partial charge in [-0.2, -0.15) is 0 Å². The molecule has 3 heteroatoms. The van der Waals surface area contributed by atoms with Gasteiger partial charge >= 0.3 is 5.97 Å². The summed E-state index contributed by atoms with van der Waals surface area (Å²) in [7, 11) is 0. The number of carbonyl (C=O) groups is 1. The Bertz CT molecular complexity index is 343. The van der Waals surface area contributed by atoms with Crippen LogP contribution in [0.4, 0.5) is 0 Å². The van der Waals surface area contributed by atoms with E-state index in [0.29, 0.717) is 13.0 Å². The molecule has 0 radical (unpaired) electrons. The summed E-state index contributed by atoms with van der Waals surface area (Å²) >= 11 is 0. The van der Waals surface area contributed by atoms with Gasteiger partial charge in [-0.1, -0.05) is 84.0 Å². The standard InChI is InChI=1S/C22H40O3/c1-2-3-4-5-6-7-8-9-10-11-12-14-17-20-25-21-18-15-13-16-19-22(23)24/h13,18H,2-12,14,16-17,19-21H2,1H3,(H,23,24). The molecule has 0 bridgehead atoms. The zero-order valence-corrected chi connectivity index (χ0v) is 16.4. The lowest BCUT2D eigenvalue weighted by Gasteiger charge is -2.03. The first kappa shape index (κ1) is 23.9. The Morgan fingerprint density at radius 2 is 1.36 bits per heavy atom. The number of unbranched alkanes of at least 4 members (excludes halogenated alkanes) is 12. The predicted molar refractivity (Wildman–Crippen MR) is 106 cm³/mol. The van der Waals surface area contributed by atoms with Gasteiger partial charge in [0.2, 0.25) is 0 Å². The largest absolute Gasteiger partial charge is 0.481 e. The lowest BCUT2D eigenvalue weighted by Crippen LogP contribution is -1.94. The van der Waals surface area contributed by atoms with Crippen molar-refractivity contribution in [3.05, 3.63) is 17.9 Å². The van der Waals surface area contributed by atoms with E-state index in [1.165, 1.54) is 77.0 Å². The first-order valence-corrected chi connectivity index (χ1v) is 10.5. The Labute approximate surface area is 155 Å². The molecule has 0 saturated carbocycles. The van der Waals surface area contributed by atoms with Crippen molar-refractivity contribution < 1.29 is 14.6 Å². The number of hydrogen-bond donors (Lipinski definition) is 1. The number of aliphatic carboxylic acids is 1. The summed E-state index contributed by atoms with van der Waals surface area (Å²) in [6.45, 7) is 3.65.